The number of amides is 2. The van der Waals surface area contributed by atoms with Crippen molar-refractivity contribution in [2.75, 3.05) is 11.9 Å². The second-order valence-corrected chi connectivity index (χ2v) is 5.14. The number of hydrogen-bond donors (Lipinski definition) is 3. The van der Waals surface area contributed by atoms with Crippen LogP contribution in [0.1, 0.15) is 24.0 Å². The van der Waals surface area contributed by atoms with Gasteiger partial charge in [-0.25, -0.2) is 4.39 Å². The molecule has 0 aromatic heterocycles. The van der Waals surface area contributed by atoms with Crippen LogP contribution in [0, 0.1) is 5.82 Å². The van der Waals surface area contributed by atoms with E-state index in [0.29, 0.717) is 31.4 Å². The van der Waals surface area contributed by atoms with Crippen molar-refractivity contribution in [2.45, 2.75) is 31.8 Å². The second kappa shape index (κ2) is 6.41. The molecule has 1 fully saturated rings. The molecule has 0 bridgehead atoms. The molecule has 0 unspecified atom stereocenters. The van der Waals surface area contributed by atoms with Crippen molar-refractivity contribution in [3.8, 4) is 0 Å². The van der Waals surface area contributed by atoms with Crippen molar-refractivity contribution in [1.82, 2.24) is 10.6 Å². The molecule has 2 heterocycles. The molecule has 0 radical (unpaired) electrons. The zero-order chi connectivity index (χ0) is 14.1. The third-order valence-electron chi connectivity index (χ3n) is 3.78. The molecular weight excluding hydrogens is 297 g/mol. The molecule has 1 aromatic rings. The lowest BCUT2D eigenvalue weighted by molar-refractivity contribution is -0.122. The van der Waals surface area contributed by atoms with E-state index in [0.717, 1.165) is 12.1 Å². The summed E-state index contributed by atoms with van der Waals surface area (Å²) in [6, 6.07) is 2.85. The molecule has 3 rings (SSSR count). The summed E-state index contributed by atoms with van der Waals surface area (Å²) in [5.41, 5.74) is 1.79. The molecule has 2 aliphatic heterocycles. The molecule has 0 saturated carbocycles. The van der Waals surface area contributed by atoms with Crippen LogP contribution in [0.25, 0.3) is 0 Å². The number of carbonyl (C=O) groups is 2. The molecule has 0 spiro atoms. The second-order valence-electron chi connectivity index (χ2n) is 5.14. The normalized spacial score (nSPS) is 20.2. The van der Waals surface area contributed by atoms with Gasteiger partial charge < -0.3 is 16.0 Å². The van der Waals surface area contributed by atoms with Gasteiger partial charge in [0, 0.05) is 13.0 Å². The Labute approximate surface area is 128 Å². The first-order valence-electron chi connectivity index (χ1n) is 6.76. The highest BCUT2D eigenvalue weighted by Gasteiger charge is 2.28. The van der Waals surface area contributed by atoms with Crippen LogP contribution in [-0.2, 0) is 22.6 Å². The third-order valence-corrected chi connectivity index (χ3v) is 3.78. The van der Waals surface area contributed by atoms with Gasteiger partial charge in [-0.3, -0.25) is 9.59 Å². The SMILES string of the molecule is Cl.O=C1CC[C@H](C(=O)Nc2ccc3c(c2F)CCNC3)N1. The lowest BCUT2D eigenvalue weighted by Gasteiger charge is -2.20. The summed E-state index contributed by atoms with van der Waals surface area (Å²) in [6.45, 7) is 1.39. The summed E-state index contributed by atoms with van der Waals surface area (Å²) in [5.74, 6) is -0.854. The highest BCUT2D eigenvalue weighted by atomic mass is 35.5. The summed E-state index contributed by atoms with van der Waals surface area (Å²) >= 11 is 0. The molecule has 3 N–H and O–H groups in total. The van der Waals surface area contributed by atoms with Gasteiger partial charge in [-0.05, 0) is 36.6 Å². The van der Waals surface area contributed by atoms with Gasteiger partial charge in [0.15, 0.2) is 0 Å². The molecular formula is C14H17ClFN3O2. The maximum atomic E-state index is 14.3. The molecule has 0 aliphatic carbocycles. The molecule has 1 aromatic carbocycles. The Kier molecular flexibility index (Phi) is 4.80. The zero-order valence-electron chi connectivity index (χ0n) is 11.4. The average molecular weight is 314 g/mol. The quantitative estimate of drug-likeness (QED) is 0.766. The van der Waals surface area contributed by atoms with E-state index in [9.17, 15) is 14.0 Å². The van der Waals surface area contributed by atoms with E-state index in [-0.39, 0.29) is 35.7 Å². The van der Waals surface area contributed by atoms with E-state index in [1.165, 1.54) is 0 Å². The molecule has 7 heteroatoms. The maximum Gasteiger partial charge on any atom is 0.247 e. The van der Waals surface area contributed by atoms with Crippen LogP contribution in [0.3, 0.4) is 0 Å². The first-order chi connectivity index (χ1) is 9.65. The summed E-state index contributed by atoms with van der Waals surface area (Å²) in [4.78, 5) is 23.1. The summed E-state index contributed by atoms with van der Waals surface area (Å²) < 4.78 is 14.3. The Hall–Kier alpha value is -1.66. The number of anilines is 1. The van der Waals surface area contributed by atoms with Crippen LogP contribution in [0.2, 0.25) is 0 Å². The largest absolute Gasteiger partial charge is 0.344 e. The van der Waals surface area contributed by atoms with Gasteiger partial charge in [-0.15, -0.1) is 12.4 Å². The fourth-order valence-corrected chi connectivity index (χ4v) is 2.66. The van der Waals surface area contributed by atoms with Crippen LogP contribution < -0.4 is 16.0 Å². The fraction of sp³-hybridized carbons (Fsp3) is 0.429. The van der Waals surface area contributed by atoms with Crippen molar-refractivity contribution in [3.63, 3.8) is 0 Å². The van der Waals surface area contributed by atoms with Gasteiger partial charge in [0.1, 0.15) is 11.9 Å². The highest BCUT2D eigenvalue weighted by Crippen LogP contribution is 2.25. The van der Waals surface area contributed by atoms with Gasteiger partial charge >= 0.3 is 0 Å². The van der Waals surface area contributed by atoms with Crippen molar-refractivity contribution in [1.29, 1.82) is 0 Å². The Bertz CT molecular complexity index is 580. The van der Waals surface area contributed by atoms with Gasteiger partial charge in [0.25, 0.3) is 0 Å². The molecule has 21 heavy (non-hydrogen) atoms. The lowest BCUT2D eigenvalue weighted by atomic mass is 9.99. The smallest absolute Gasteiger partial charge is 0.247 e. The Morgan fingerprint density at radius 2 is 2.14 bits per heavy atom. The van der Waals surface area contributed by atoms with Crippen LogP contribution >= 0.6 is 12.4 Å². The minimum Gasteiger partial charge on any atom is -0.344 e. The maximum absolute atomic E-state index is 14.3. The number of rotatable bonds is 2. The van der Waals surface area contributed by atoms with Crippen molar-refractivity contribution >= 4 is 29.9 Å². The molecule has 1 atom stereocenters. The first-order valence-corrected chi connectivity index (χ1v) is 6.76. The summed E-state index contributed by atoms with van der Waals surface area (Å²) in [6.07, 6.45) is 1.42. The van der Waals surface area contributed by atoms with Crippen LogP contribution in [-0.4, -0.2) is 24.4 Å². The minimum atomic E-state index is -0.556. The third kappa shape index (κ3) is 3.16. The topological polar surface area (TPSA) is 70.2 Å². The number of hydrogen-bond acceptors (Lipinski definition) is 3. The van der Waals surface area contributed by atoms with Crippen molar-refractivity contribution in [3.05, 3.63) is 29.1 Å². The van der Waals surface area contributed by atoms with Gasteiger partial charge in [0.2, 0.25) is 11.8 Å². The molecule has 2 aliphatic rings. The van der Waals surface area contributed by atoms with E-state index in [4.69, 9.17) is 0 Å². The average Bonchev–Trinajstić information content (AvgIpc) is 2.89. The summed E-state index contributed by atoms with van der Waals surface area (Å²) in [5, 5.41) is 8.32. The van der Waals surface area contributed by atoms with Crippen LogP contribution in [0.5, 0.6) is 0 Å². The monoisotopic (exact) mass is 313 g/mol. The van der Waals surface area contributed by atoms with Gasteiger partial charge in [-0.1, -0.05) is 6.07 Å². The Morgan fingerprint density at radius 3 is 2.86 bits per heavy atom. The van der Waals surface area contributed by atoms with Crippen molar-refractivity contribution in [2.24, 2.45) is 0 Å². The van der Waals surface area contributed by atoms with E-state index >= 15 is 0 Å². The lowest BCUT2D eigenvalue weighted by Crippen LogP contribution is -2.37. The standard InChI is InChI=1S/C14H16FN3O2.ClH/c15-13-9-5-6-16-7-8(9)1-2-10(13)18-14(20)11-3-4-12(19)17-11;/h1-2,11,16H,3-7H2,(H,17,19)(H,18,20);1H/t11-;/m1./s1. The minimum absolute atomic E-state index is 0. The molecule has 1 saturated heterocycles. The molecule has 114 valence electrons. The van der Waals surface area contributed by atoms with Crippen LogP contribution in [0.4, 0.5) is 10.1 Å². The van der Waals surface area contributed by atoms with E-state index in [1.807, 2.05) is 6.07 Å². The number of nitrogens with one attached hydrogen (secondary N) is 3. The predicted molar refractivity (Wildman–Crippen MR) is 78.9 cm³/mol. The van der Waals surface area contributed by atoms with E-state index in [1.54, 1.807) is 6.07 Å². The van der Waals surface area contributed by atoms with Crippen molar-refractivity contribution < 1.29 is 14.0 Å². The molecule has 5 nitrogen and oxygen atoms in total. The number of halogens is 2. The number of carbonyl (C=O) groups excluding carboxylic acids is 2. The first kappa shape index (κ1) is 15.7. The number of benzene rings is 1. The predicted octanol–water partition coefficient (Wildman–Crippen LogP) is 1.11. The van der Waals surface area contributed by atoms with Crippen LogP contribution in [0.15, 0.2) is 12.1 Å². The van der Waals surface area contributed by atoms with Gasteiger partial charge in [-0.2, -0.15) is 0 Å². The fourth-order valence-electron chi connectivity index (χ4n) is 2.66. The highest BCUT2D eigenvalue weighted by molar-refractivity contribution is 5.99. The Balaban J connectivity index is 0.00000161. The van der Waals surface area contributed by atoms with E-state index in [2.05, 4.69) is 16.0 Å². The summed E-state index contributed by atoms with van der Waals surface area (Å²) in [7, 11) is 0. The zero-order valence-corrected chi connectivity index (χ0v) is 12.2. The Morgan fingerprint density at radius 1 is 1.33 bits per heavy atom. The van der Waals surface area contributed by atoms with E-state index < -0.39 is 6.04 Å². The molecule has 2 amide bonds. The van der Waals surface area contributed by atoms with Gasteiger partial charge in [0.05, 0.1) is 5.69 Å². The number of fused-ring (bicyclic) bond motifs is 1.